The van der Waals surface area contributed by atoms with Crippen LogP contribution in [0.5, 0.6) is 0 Å². The number of unbranched alkanes of at least 4 members (excludes halogenated alkanes) is 4. The van der Waals surface area contributed by atoms with E-state index in [1.165, 1.54) is 102 Å². The molecule has 0 fully saturated rings. The molecule has 0 bridgehead atoms. The third-order valence-corrected chi connectivity index (χ3v) is 39.1. The van der Waals surface area contributed by atoms with Gasteiger partial charge in [-0.25, -0.2) is 0 Å². The minimum absolute atomic E-state index is 0.175. The normalized spacial score (nSPS) is 14.0. The van der Waals surface area contributed by atoms with Gasteiger partial charge in [0, 0.05) is 0 Å². The van der Waals surface area contributed by atoms with Crippen molar-refractivity contribution in [2.75, 3.05) is 0 Å². The number of thiophene rings is 4. The minimum atomic E-state index is -2.73. The number of rotatable bonds is 15. The van der Waals surface area contributed by atoms with Gasteiger partial charge in [-0.15, -0.1) is 0 Å². The van der Waals surface area contributed by atoms with E-state index in [2.05, 4.69) is 76.2 Å². The molecule has 0 saturated carbocycles. The van der Waals surface area contributed by atoms with Gasteiger partial charge in [0.15, 0.2) is 0 Å². The molecule has 0 radical (unpaired) electrons. The molecule has 0 aromatic carbocycles. The number of nitriles is 4. The first-order chi connectivity index (χ1) is 24.4. The van der Waals surface area contributed by atoms with Crippen LogP contribution < -0.4 is 17.6 Å². The van der Waals surface area contributed by atoms with Gasteiger partial charge in [0.25, 0.3) is 0 Å². The van der Waals surface area contributed by atoms with Crippen LogP contribution in [-0.4, -0.2) is 26.5 Å². The van der Waals surface area contributed by atoms with Gasteiger partial charge in [0.2, 0.25) is 0 Å². The summed E-state index contributed by atoms with van der Waals surface area (Å²) in [6, 6.07) is 18.3. The fraction of sp³-hybridized carbons (Fsp3) is 0.400. The molecule has 2 aliphatic rings. The molecule has 0 N–H and O–H groups in total. The third-order valence-electron chi connectivity index (χ3n) is 10.6. The zero-order valence-corrected chi connectivity index (χ0v) is 36.8. The summed E-state index contributed by atoms with van der Waals surface area (Å²) in [5.74, 6) is 0. The molecule has 0 aliphatic carbocycles. The SMILES string of the molecule is CCC[CH2][Ge]1([CH2]CCC)[c]2cc(C=C(C#N)C#N)sc2-c2sc(-c3c[c]4c(s3)-c3sc(C=C(C#N)C#N)c[c]3[Ge]4([CH2]CCC)[CH2]CCC)c[c]21. The van der Waals surface area contributed by atoms with Crippen molar-refractivity contribution in [1.82, 2.24) is 0 Å². The van der Waals surface area contributed by atoms with Crippen LogP contribution in [0.3, 0.4) is 0 Å². The summed E-state index contributed by atoms with van der Waals surface area (Å²) in [7, 11) is 0. The fourth-order valence-corrected chi connectivity index (χ4v) is 42.7. The van der Waals surface area contributed by atoms with Crippen molar-refractivity contribution in [2.24, 2.45) is 0 Å². The zero-order valence-electron chi connectivity index (χ0n) is 29.4. The molecule has 0 spiro atoms. The number of nitrogens with zero attached hydrogens (tertiary/aromatic N) is 4. The van der Waals surface area contributed by atoms with Gasteiger partial charge in [-0.3, -0.25) is 0 Å². The van der Waals surface area contributed by atoms with Crippen LogP contribution in [0, 0.1) is 45.3 Å². The molecule has 254 valence electrons. The number of fused-ring (bicyclic) bond motifs is 6. The van der Waals surface area contributed by atoms with Crippen LogP contribution in [0.2, 0.25) is 21.0 Å². The first kappa shape index (κ1) is 37.1. The second-order valence-electron chi connectivity index (χ2n) is 13.6. The second kappa shape index (κ2) is 15.9. The monoisotopic (exact) mass is 854 g/mol. The van der Waals surface area contributed by atoms with E-state index in [9.17, 15) is 21.0 Å². The summed E-state index contributed by atoms with van der Waals surface area (Å²) in [5.41, 5.74) is 0.349. The number of hydrogen-bond acceptors (Lipinski definition) is 8. The number of allylic oxidation sites excluding steroid dienone is 2. The Labute approximate surface area is 318 Å². The van der Waals surface area contributed by atoms with Crippen molar-refractivity contribution in [3.05, 3.63) is 45.2 Å². The van der Waals surface area contributed by atoms with Crippen molar-refractivity contribution in [1.29, 1.82) is 21.0 Å². The van der Waals surface area contributed by atoms with Gasteiger partial charge in [-0.2, -0.15) is 0 Å². The predicted molar refractivity (Wildman–Crippen MR) is 222 cm³/mol. The third kappa shape index (κ3) is 6.47. The van der Waals surface area contributed by atoms with Gasteiger partial charge in [0.05, 0.1) is 0 Å². The summed E-state index contributed by atoms with van der Waals surface area (Å²) in [6.45, 7) is 9.23. The van der Waals surface area contributed by atoms with Gasteiger partial charge in [-0.05, 0) is 0 Å². The van der Waals surface area contributed by atoms with Crippen LogP contribution in [-0.2, 0) is 0 Å². The quantitative estimate of drug-likeness (QED) is 0.0879. The summed E-state index contributed by atoms with van der Waals surface area (Å²) >= 11 is 2.08. The van der Waals surface area contributed by atoms with E-state index in [1.807, 2.05) is 22.7 Å². The average Bonchev–Trinajstić information content (AvgIpc) is 3.97. The van der Waals surface area contributed by atoms with Gasteiger partial charge >= 0.3 is 321 Å². The fourth-order valence-electron chi connectivity index (χ4n) is 8.08. The Bertz CT molecular complexity index is 1950. The van der Waals surface area contributed by atoms with Crippen molar-refractivity contribution < 1.29 is 0 Å². The van der Waals surface area contributed by atoms with E-state index in [-0.39, 0.29) is 11.1 Å². The van der Waals surface area contributed by atoms with Crippen molar-refractivity contribution in [3.8, 4) is 53.5 Å². The van der Waals surface area contributed by atoms with Crippen LogP contribution in [0.15, 0.2) is 35.4 Å². The Morgan fingerprint density at radius 2 is 0.800 bits per heavy atom. The Morgan fingerprint density at radius 1 is 0.500 bits per heavy atom. The van der Waals surface area contributed by atoms with Gasteiger partial charge in [0.1, 0.15) is 0 Å². The molecular formula is C40H42Ge2N4S4. The topological polar surface area (TPSA) is 95.2 Å². The molecule has 2 aliphatic heterocycles. The van der Waals surface area contributed by atoms with Crippen molar-refractivity contribution >= 4 is 102 Å². The molecule has 10 heteroatoms. The molecule has 4 nitrogen and oxygen atoms in total. The zero-order chi connectivity index (χ0) is 35.5. The van der Waals surface area contributed by atoms with Crippen LogP contribution in [0.25, 0.3) is 41.4 Å². The Balaban J connectivity index is 1.52. The molecule has 6 rings (SSSR count). The van der Waals surface area contributed by atoms with Crippen LogP contribution in [0.4, 0.5) is 0 Å². The van der Waals surface area contributed by atoms with Crippen molar-refractivity contribution in [2.45, 2.75) is 100 Å². The first-order valence-electron chi connectivity index (χ1n) is 18.0. The average molecular weight is 852 g/mol. The number of hydrogen-bond donors (Lipinski definition) is 0. The van der Waals surface area contributed by atoms with Gasteiger partial charge < -0.3 is 0 Å². The Morgan fingerprint density at radius 3 is 1.10 bits per heavy atom. The Kier molecular flexibility index (Phi) is 11.8. The second-order valence-corrected chi connectivity index (χ2v) is 35.7. The molecule has 4 aromatic rings. The van der Waals surface area contributed by atoms with E-state index < -0.39 is 26.5 Å². The summed E-state index contributed by atoms with van der Waals surface area (Å²) in [4.78, 5) is 10.6. The molecule has 4 aromatic heterocycles. The predicted octanol–water partition coefficient (Wildman–Crippen LogP) is 10.7. The molecule has 50 heavy (non-hydrogen) atoms. The van der Waals surface area contributed by atoms with E-state index in [0.29, 0.717) is 0 Å². The first-order valence-corrected chi connectivity index (χ1v) is 31.4. The maximum absolute atomic E-state index is 9.52. The van der Waals surface area contributed by atoms with E-state index in [0.717, 1.165) is 9.75 Å². The summed E-state index contributed by atoms with van der Waals surface area (Å²) in [5, 5.41) is 43.3. The van der Waals surface area contributed by atoms with E-state index >= 15 is 0 Å². The maximum atomic E-state index is 9.52. The molecule has 0 amide bonds. The van der Waals surface area contributed by atoms with Crippen LogP contribution >= 0.6 is 45.3 Å². The molecular weight excluding hydrogens is 810 g/mol. The molecule has 0 unspecified atom stereocenters. The van der Waals surface area contributed by atoms with E-state index in [4.69, 9.17) is 0 Å². The van der Waals surface area contributed by atoms with Gasteiger partial charge in [-0.1, -0.05) is 0 Å². The summed E-state index contributed by atoms with van der Waals surface area (Å²) < 4.78 is 6.52. The summed E-state index contributed by atoms with van der Waals surface area (Å²) in [6.07, 6.45) is 13.3. The molecule has 0 atom stereocenters. The van der Waals surface area contributed by atoms with Crippen molar-refractivity contribution in [3.63, 3.8) is 0 Å². The standard InChI is InChI=1S/C40H42Ge2N4S4/c1-5-9-13-41(14-10-6-2)31-19-29(17-27(23-43)24-44)47-37(31)39-33(41)21-35(49-39)36-22-34-40(50-36)38-32(20-30(48-38)18-28(25-45)26-46)42(34,15-11-7-3)16-12-8-4/h17-22H,5-16H2,1-4H3. The van der Waals surface area contributed by atoms with Crippen LogP contribution in [0.1, 0.15) is 88.8 Å². The van der Waals surface area contributed by atoms with E-state index in [1.54, 1.807) is 52.4 Å². The molecule has 6 heterocycles. The Hall–Kier alpha value is -2.67. The molecule has 0 saturated heterocycles.